The van der Waals surface area contributed by atoms with Crippen LogP contribution in [-0.2, 0) is 6.54 Å². The van der Waals surface area contributed by atoms with Crippen molar-refractivity contribution in [3.05, 3.63) is 53.3 Å². The second-order valence-electron chi connectivity index (χ2n) is 4.44. The molecule has 0 radical (unpaired) electrons. The molecule has 5 heteroatoms. The smallest absolute Gasteiger partial charge is 0.251 e. The molecule has 20 heavy (non-hydrogen) atoms. The summed E-state index contributed by atoms with van der Waals surface area (Å²) >= 11 is 0. The number of ether oxygens (including phenoxy) is 1. The Bertz CT molecular complexity index is 626. The van der Waals surface area contributed by atoms with E-state index in [1.54, 1.807) is 24.4 Å². The molecule has 1 aromatic carbocycles. The van der Waals surface area contributed by atoms with Crippen LogP contribution in [0, 0.1) is 6.92 Å². The molecule has 0 spiro atoms. The van der Waals surface area contributed by atoms with Gasteiger partial charge < -0.3 is 15.8 Å². The van der Waals surface area contributed by atoms with Crippen molar-refractivity contribution < 1.29 is 9.53 Å². The average molecular weight is 271 g/mol. The summed E-state index contributed by atoms with van der Waals surface area (Å²) in [5, 5.41) is 2.82. The van der Waals surface area contributed by atoms with E-state index >= 15 is 0 Å². The van der Waals surface area contributed by atoms with Crippen LogP contribution in [0.25, 0.3) is 0 Å². The fourth-order valence-electron chi connectivity index (χ4n) is 1.84. The Kier molecular flexibility index (Phi) is 4.20. The number of anilines is 1. The lowest BCUT2D eigenvalue weighted by molar-refractivity contribution is 0.0950. The predicted molar refractivity (Wildman–Crippen MR) is 77.6 cm³/mol. The molecule has 1 heterocycles. The number of hydrogen-bond acceptors (Lipinski definition) is 4. The first-order chi connectivity index (χ1) is 9.60. The van der Waals surface area contributed by atoms with Crippen LogP contribution in [0.15, 0.2) is 36.5 Å². The molecular formula is C15H17N3O2. The van der Waals surface area contributed by atoms with Crippen molar-refractivity contribution in [1.82, 2.24) is 10.3 Å². The summed E-state index contributed by atoms with van der Waals surface area (Å²) in [5.41, 5.74) is 8.57. The lowest BCUT2D eigenvalue weighted by Crippen LogP contribution is -2.23. The van der Waals surface area contributed by atoms with Crippen molar-refractivity contribution >= 4 is 11.6 Å². The number of aromatic nitrogens is 1. The van der Waals surface area contributed by atoms with Gasteiger partial charge in [-0.3, -0.25) is 9.78 Å². The van der Waals surface area contributed by atoms with Crippen molar-refractivity contribution in [2.75, 3.05) is 12.8 Å². The number of pyridine rings is 1. The van der Waals surface area contributed by atoms with Gasteiger partial charge in [-0.05, 0) is 30.7 Å². The fourth-order valence-corrected chi connectivity index (χ4v) is 1.84. The Labute approximate surface area is 117 Å². The second kappa shape index (κ2) is 6.06. The van der Waals surface area contributed by atoms with Gasteiger partial charge in [0.15, 0.2) is 0 Å². The van der Waals surface area contributed by atoms with Crippen molar-refractivity contribution in [3.8, 4) is 5.75 Å². The molecule has 2 rings (SSSR count). The van der Waals surface area contributed by atoms with Gasteiger partial charge in [-0.2, -0.15) is 0 Å². The highest BCUT2D eigenvalue weighted by molar-refractivity contribution is 5.95. The first kappa shape index (κ1) is 13.9. The van der Waals surface area contributed by atoms with Gasteiger partial charge in [-0.15, -0.1) is 0 Å². The van der Waals surface area contributed by atoms with Gasteiger partial charge in [-0.1, -0.05) is 6.07 Å². The molecule has 0 saturated heterocycles. The summed E-state index contributed by atoms with van der Waals surface area (Å²) in [7, 11) is 1.54. The van der Waals surface area contributed by atoms with Gasteiger partial charge in [0.25, 0.3) is 5.91 Å². The Morgan fingerprint density at radius 1 is 1.40 bits per heavy atom. The topological polar surface area (TPSA) is 77.2 Å². The molecule has 0 aliphatic carbocycles. The van der Waals surface area contributed by atoms with Crippen LogP contribution in [0.3, 0.4) is 0 Å². The third-order valence-electron chi connectivity index (χ3n) is 2.96. The third kappa shape index (κ3) is 3.26. The van der Waals surface area contributed by atoms with E-state index in [2.05, 4.69) is 10.3 Å². The summed E-state index contributed by atoms with van der Waals surface area (Å²) in [6, 6.07) is 8.75. The highest BCUT2D eigenvalue weighted by Crippen LogP contribution is 2.18. The Hall–Kier alpha value is -2.56. The van der Waals surface area contributed by atoms with E-state index < -0.39 is 0 Å². The SMILES string of the molecule is COc1cc(N)cc(C(=O)NCc2ncccc2C)c1. The lowest BCUT2D eigenvalue weighted by atomic mass is 10.1. The molecule has 0 bridgehead atoms. The largest absolute Gasteiger partial charge is 0.497 e. The minimum absolute atomic E-state index is 0.208. The first-order valence-corrected chi connectivity index (χ1v) is 6.23. The van der Waals surface area contributed by atoms with E-state index in [0.29, 0.717) is 23.5 Å². The maximum atomic E-state index is 12.1. The monoisotopic (exact) mass is 271 g/mol. The van der Waals surface area contributed by atoms with Gasteiger partial charge in [0.1, 0.15) is 5.75 Å². The Morgan fingerprint density at radius 3 is 2.90 bits per heavy atom. The molecule has 1 amide bonds. The number of amides is 1. The van der Waals surface area contributed by atoms with Crippen LogP contribution in [0.5, 0.6) is 5.75 Å². The highest BCUT2D eigenvalue weighted by atomic mass is 16.5. The molecule has 0 saturated carbocycles. The lowest BCUT2D eigenvalue weighted by Gasteiger charge is -2.09. The maximum Gasteiger partial charge on any atom is 0.251 e. The van der Waals surface area contributed by atoms with E-state index in [0.717, 1.165) is 11.3 Å². The van der Waals surface area contributed by atoms with Gasteiger partial charge >= 0.3 is 0 Å². The van der Waals surface area contributed by atoms with Crippen LogP contribution in [0.1, 0.15) is 21.6 Å². The van der Waals surface area contributed by atoms with Crippen molar-refractivity contribution in [2.45, 2.75) is 13.5 Å². The maximum absolute atomic E-state index is 12.1. The van der Waals surface area contributed by atoms with Gasteiger partial charge in [0, 0.05) is 23.5 Å². The zero-order valence-corrected chi connectivity index (χ0v) is 11.5. The standard InChI is InChI=1S/C15H17N3O2/c1-10-4-3-5-17-14(10)9-18-15(19)11-6-12(16)8-13(7-11)20-2/h3-8H,9,16H2,1-2H3,(H,18,19). The van der Waals surface area contributed by atoms with Gasteiger partial charge in [0.2, 0.25) is 0 Å². The molecular weight excluding hydrogens is 254 g/mol. The molecule has 0 fully saturated rings. The summed E-state index contributed by atoms with van der Waals surface area (Å²) < 4.78 is 5.10. The number of carbonyl (C=O) groups excluding carboxylic acids is 1. The first-order valence-electron chi connectivity index (χ1n) is 6.23. The van der Waals surface area contributed by atoms with Crippen molar-refractivity contribution in [1.29, 1.82) is 0 Å². The molecule has 0 aliphatic heterocycles. The zero-order valence-electron chi connectivity index (χ0n) is 11.5. The number of nitrogen functional groups attached to an aromatic ring is 1. The summed E-state index contributed by atoms with van der Waals surface area (Å²) in [4.78, 5) is 16.3. The van der Waals surface area contributed by atoms with Crippen molar-refractivity contribution in [2.24, 2.45) is 0 Å². The van der Waals surface area contributed by atoms with E-state index in [1.807, 2.05) is 19.1 Å². The van der Waals surface area contributed by atoms with Crippen LogP contribution in [0.2, 0.25) is 0 Å². The van der Waals surface area contributed by atoms with Crippen LogP contribution >= 0.6 is 0 Å². The number of benzene rings is 1. The van der Waals surface area contributed by atoms with E-state index in [-0.39, 0.29) is 5.91 Å². The minimum atomic E-state index is -0.208. The van der Waals surface area contributed by atoms with Crippen molar-refractivity contribution in [3.63, 3.8) is 0 Å². The quantitative estimate of drug-likeness (QED) is 0.833. The number of hydrogen-bond donors (Lipinski definition) is 2. The van der Waals surface area contributed by atoms with E-state index in [9.17, 15) is 4.79 Å². The Balaban J connectivity index is 2.09. The number of nitrogens with one attached hydrogen (secondary N) is 1. The molecule has 2 aromatic rings. The normalized spacial score (nSPS) is 10.1. The molecule has 5 nitrogen and oxygen atoms in total. The number of carbonyl (C=O) groups is 1. The predicted octanol–water partition coefficient (Wildman–Crippen LogP) is 1.91. The van der Waals surface area contributed by atoms with E-state index in [4.69, 9.17) is 10.5 Å². The fraction of sp³-hybridized carbons (Fsp3) is 0.200. The number of rotatable bonds is 4. The van der Waals surface area contributed by atoms with Crippen LogP contribution < -0.4 is 15.8 Å². The van der Waals surface area contributed by atoms with Crippen LogP contribution in [0.4, 0.5) is 5.69 Å². The number of aryl methyl sites for hydroxylation is 1. The molecule has 0 aliphatic rings. The van der Waals surface area contributed by atoms with E-state index in [1.165, 1.54) is 7.11 Å². The third-order valence-corrected chi connectivity index (χ3v) is 2.96. The summed E-state index contributed by atoms with van der Waals surface area (Å²) in [6.45, 7) is 2.33. The highest BCUT2D eigenvalue weighted by Gasteiger charge is 2.09. The molecule has 0 unspecified atom stereocenters. The molecule has 3 N–H and O–H groups in total. The molecule has 104 valence electrons. The minimum Gasteiger partial charge on any atom is -0.497 e. The second-order valence-corrected chi connectivity index (χ2v) is 4.44. The van der Waals surface area contributed by atoms with Gasteiger partial charge in [0.05, 0.1) is 19.3 Å². The van der Waals surface area contributed by atoms with Gasteiger partial charge in [-0.25, -0.2) is 0 Å². The Morgan fingerprint density at radius 2 is 2.20 bits per heavy atom. The van der Waals surface area contributed by atoms with Crippen LogP contribution in [-0.4, -0.2) is 18.0 Å². The average Bonchev–Trinajstić information content (AvgIpc) is 2.45. The number of nitrogens with zero attached hydrogens (tertiary/aromatic N) is 1. The molecule has 0 atom stereocenters. The summed E-state index contributed by atoms with van der Waals surface area (Å²) in [6.07, 6.45) is 1.71. The summed E-state index contributed by atoms with van der Waals surface area (Å²) in [5.74, 6) is 0.352. The molecule has 1 aromatic heterocycles. The number of nitrogens with two attached hydrogens (primary N) is 1. The number of methoxy groups -OCH3 is 1. The zero-order chi connectivity index (χ0) is 14.5.